The lowest BCUT2D eigenvalue weighted by atomic mass is 10.1. The summed E-state index contributed by atoms with van der Waals surface area (Å²) in [6.07, 6.45) is 2.82. The van der Waals surface area contributed by atoms with Gasteiger partial charge in [-0.2, -0.15) is 0 Å². The summed E-state index contributed by atoms with van der Waals surface area (Å²) in [7, 11) is 0. The van der Waals surface area contributed by atoms with Crippen LogP contribution in [0.4, 0.5) is 0 Å². The Morgan fingerprint density at radius 2 is 2.00 bits per heavy atom. The van der Waals surface area contributed by atoms with Crippen LogP contribution in [0.5, 0.6) is 11.5 Å². The van der Waals surface area contributed by atoms with Crippen LogP contribution in [0, 0.1) is 3.57 Å². The average Bonchev–Trinajstić information content (AvgIpc) is 2.48. The normalized spacial score (nSPS) is 12.2. The summed E-state index contributed by atoms with van der Waals surface area (Å²) in [5.74, 6) is 1.63. The minimum atomic E-state index is 0.311. The van der Waals surface area contributed by atoms with Gasteiger partial charge >= 0.3 is 0 Å². The van der Waals surface area contributed by atoms with Crippen molar-refractivity contribution < 1.29 is 4.74 Å². The lowest BCUT2D eigenvalue weighted by Crippen LogP contribution is -2.20. The number of rotatable bonds is 6. The van der Waals surface area contributed by atoms with Crippen LogP contribution in [0.25, 0.3) is 0 Å². The second-order valence-corrected chi connectivity index (χ2v) is 5.63. The molecule has 0 fully saturated rings. The van der Waals surface area contributed by atoms with E-state index in [0.717, 1.165) is 33.7 Å². The molecule has 2 aromatic rings. The number of pyridine rings is 1. The van der Waals surface area contributed by atoms with E-state index in [1.165, 1.54) is 0 Å². The van der Waals surface area contributed by atoms with Crippen molar-refractivity contribution in [3.8, 4) is 11.5 Å². The van der Waals surface area contributed by atoms with Crippen LogP contribution in [0.1, 0.15) is 32.0 Å². The highest BCUT2D eigenvalue weighted by atomic mass is 127. The molecule has 0 radical (unpaired) electrons. The van der Waals surface area contributed by atoms with Crippen molar-refractivity contribution in [2.45, 2.75) is 26.3 Å². The molecule has 0 amide bonds. The van der Waals surface area contributed by atoms with E-state index in [4.69, 9.17) is 4.74 Å². The summed E-state index contributed by atoms with van der Waals surface area (Å²) in [5, 5.41) is 3.42. The van der Waals surface area contributed by atoms with Gasteiger partial charge in [-0.15, -0.1) is 0 Å². The Hall–Kier alpha value is -1.14. The Bertz CT molecular complexity index is 542. The number of nitrogens with zero attached hydrogens (tertiary/aromatic N) is 1. The molecule has 0 saturated heterocycles. The maximum Gasteiger partial charge on any atom is 0.145 e. The quantitative estimate of drug-likeness (QED) is 0.745. The molecule has 1 aromatic heterocycles. The summed E-state index contributed by atoms with van der Waals surface area (Å²) in [5.41, 5.74) is 1.06. The fraction of sp³-hybridized carbons (Fsp3) is 0.312. The second-order valence-electron chi connectivity index (χ2n) is 4.47. The third-order valence-corrected chi connectivity index (χ3v) is 3.93. The highest BCUT2D eigenvalue weighted by Gasteiger charge is 2.09. The van der Waals surface area contributed by atoms with E-state index in [1.807, 2.05) is 36.4 Å². The fourth-order valence-electron chi connectivity index (χ4n) is 2.02. The molecule has 0 spiro atoms. The van der Waals surface area contributed by atoms with E-state index in [0.29, 0.717) is 6.04 Å². The molecule has 0 saturated carbocycles. The zero-order valence-corrected chi connectivity index (χ0v) is 13.9. The first-order valence-electron chi connectivity index (χ1n) is 6.86. The topological polar surface area (TPSA) is 34.1 Å². The molecule has 0 aliphatic rings. The molecular weight excluding hydrogens is 363 g/mol. The van der Waals surface area contributed by atoms with Gasteiger partial charge in [0.05, 0.1) is 15.5 Å². The molecule has 1 atom stereocenters. The summed E-state index contributed by atoms with van der Waals surface area (Å²) in [6.45, 7) is 5.21. The lowest BCUT2D eigenvalue weighted by Gasteiger charge is -2.15. The fourth-order valence-corrected chi connectivity index (χ4v) is 2.51. The highest BCUT2D eigenvalue weighted by Crippen LogP contribution is 2.26. The molecule has 1 heterocycles. The molecule has 4 heteroatoms. The Kier molecular flexibility index (Phi) is 5.79. The Morgan fingerprint density at radius 1 is 1.20 bits per heavy atom. The average molecular weight is 382 g/mol. The van der Waals surface area contributed by atoms with E-state index >= 15 is 0 Å². The van der Waals surface area contributed by atoms with Gasteiger partial charge in [0.15, 0.2) is 0 Å². The molecule has 20 heavy (non-hydrogen) atoms. The van der Waals surface area contributed by atoms with Crippen molar-refractivity contribution in [2.24, 2.45) is 0 Å². The van der Waals surface area contributed by atoms with Crippen molar-refractivity contribution >= 4 is 22.6 Å². The first kappa shape index (κ1) is 15.3. The Morgan fingerprint density at radius 3 is 2.60 bits per heavy atom. The van der Waals surface area contributed by atoms with Gasteiger partial charge in [-0.3, -0.25) is 4.98 Å². The molecule has 0 aliphatic carbocycles. The van der Waals surface area contributed by atoms with Crippen LogP contribution in [0.3, 0.4) is 0 Å². The zero-order chi connectivity index (χ0) is 14.4. The van der Waals surface area contributed by atoms with Crippen LogP contribution < -0.4 is 10.1 Å². The van der Waals surface area contributed by atoms with Gasteiger partial charge in [0.2, 0.25) is 0 Å². The summed E-state index contributed by atoms with van der Waals surface area (Å²) < 4.78 is 6.94. The number of ether oxygens (including phenoxy) is 1. The third-order valence-electron chi connectivity index (χ3n) is 3.04. The smallest absolute Gasteiger partial charge is 0.145 e. The third kappa shape index (κ3) is 3.93. The molecular formula is C16H19IN2O. The Labute approximate surface area is 133 Å². The second kappa shape index (κ2) is 7.59. The van der Waals surface area contributed by atoms with Gasteiger partial charge in [0.1, 0.15) is 11.5 Å². The standard InChI is InChI=1S/C16H19IN2O/c1-3-14(18-4-2)15-10-9-12(11-19-15)20-16-8-6-5-7-13(16)17/h5-11,14,18H,3-4H2,1-2H3. The molecule has 1 N–H and O–H groups in total. The van der Waals surface area contributed by atoms with Crippen LogP contribution >= 0.6 is 22.6 Å². The van der Waals surface area contributed by atoms with Gasteiger partial charge in [-0.05, 0) is 59.8 Å². The SMILES string of the molecule is CCNC(CC)c1ccc(Oc2ccccc2I)cn1. The minimum absolute atomic E-state index is 0.311. The monoisotopic (exact) mass is 382 g/mol. The molecule has 3 nitrogen and oxygen atoms in total. The van der Waals surface area contributed by atoms with Crippen LogP contribution in [0.15, 0.2) is 42.6 Å². The van der Waals surface area contributed by atoms with Crippen LogP contribution in [0.2, 0.25) is 0 Å². The van der Waals surface area contributed by atoms with Gasteiger partial charge in [-0.1, -0.05) is 26.0 Å². The summed E-state index contributed by atoms with van der Waals surface area (Å²) in [6, 6.07) is 12.3. The summed E-state index contributed by atoms with van der Waals surface area (Å²) >= 11 is 2.27. The molecule has 0 aliphatic heterocycles. The molecule has 106 valence electrons. The van der Waals surface area contributed by atoms with Crippen molar-refractivity contribution in [3.05, 3.63) is 51.9 Å². The number of aromatic nitrogens is 1. The van der Waals surface area contributed by atoms with Crippen molar-refractivity contribution in [1.82, 2.24) is 10.3 Å². The van der Waals surface area contributed by atoms with E-state index in [2.05, 4.69) is 46.7 Å². The Balaban J connectivity index is 2.10. The van der Waals surface area contributed by atoms with Gasteiger partial charge < -0.3 is 10.1 Å². The van der Waals surface area contributed by atoms with Crippen molar-refractivity contribution in [3.63, 3.8) is 0 Å². The zero-order valence-electron chi connectivity index (χ0n) is 11.8. The molecule has 0 bridgehead atoms. The first-order valence-corrected chi connectivity index (χ1v) is 7.94. The van der Waals surface area contributed by atoms with E-state index in [1.54, 1.807) is 6.20 Å². The van der Waals surface area contributed by atoms with E-state index in [-0.39, 0.29) is 0 Å². The number of benzene rings is 1. The predicted molar refractivity (Wildman–Crippen MR) is 90.2 cm³/mol. The maximum absolute atomic E-state index is 5.85. The highest BCUT2D eigenvalue weighted by molar-refractivity contribution is 14.1. The van der Waals surface area contributed by atoms with E-state index in [9.17, 15) is 0 Å². The molecule has 1 unspecified atom stereocenters. The maximum atomic E-state index is 5.85. The van der Waals surface area contributed by atoms with Crippen LogP contribution in [-0.2, 0) is 0 Å². The minimum Gasteiger partial charge on any atom is -0.455 e. The van der Waals surface area contributed by atoms with Crippen LogP contribution in [-0.4, -0.2) is 11.5 Å². The molecule has 2 rings (SSSR count). The first-order chi connectivity index (χ1) is 9.74. The van der Waals surface area contributed by atoms with Crippen molar-refractivity contribution in [1.29, 1.82) is 0 Å². The van der Waals surface area contributed by atoms with Crippen molar-refractivity contribution in [2.75, 3.05) is 6.54 Å². The van der Waals surface area contributed by atoms with Gasteiger partial charge in [0, 0.05) is 6.04 Å². The number of nitrogens with one attached hydrogen (secondary N) is 1. The number of hydrogen-bond donors (Lipinski definition) is 1. The number of para-hydroxylation sites is 1. The van der Waals surface area contributed by atoms with Gasteiger partial charge in [-0.25, -0.2) is 0 Å². The number of hydrogen-bond acceptors (Lipinski definition) is 3. The summed E-state index contributed by atoms with van der Waals surface area (Å²) in [4.78, 5) is 4.50. The lowest BCUT2D eigenvalue weighted by molar-refractivity contribution is 0.473. The largest absolute Gasteiger partial charge is 0.455 e. The molecule has 1 aromatic carbocycles. The van der Waals surface area contributed by atoms with E-state index < -0.39 is 0 Å². The van der Waals surface area contributed by atoms with Gasteiger partial charge in [0.25, 0.3) is 0 Å². The number of halogens is 1. The predicted octanol–water partition coefficient (Wildman–Crippen LogP) is 4.54.